The van der Waals surface area contributed by atoms with Gasteiger partial charge in [-0.05, 0) is 37.5 Å². The second-order valence-corrected chi connectivity index (χ2v) is 5.16. The van der Waals surface area contributed by atoms with E-state index in [0.717, 1.165) is 22.9 Å². The fraction of sp³-hybridized carbons (Fsp3) is 0.500. The third-order valence-electron chi connectivity index (χ3n) is 2.68. The number of hydrogen-bond donors (Lipinski definition) is 1. The van der Waals surface area contributed by atoms with Gasteiger partial charge in [0.05, 0.1) is 0 Å². The van der Waals surface area contributed by atoms with Crippen molar-refractivity contribution in [2.24, 2.45) is 0 Å². The molecule has 1 aliphatic rings. The van der Waals surface area contributed by atoms with Crippen LogP contribution in [-0.4, -0.2) is 12.7 Å². The molecule has 0 aliphatic heterocycles. The molecular formula is C12H14BrF2NO. The summed E-state index contributed by atoms with van der Waals surface area (Å²) in [6.45, 7) is -0.453. The first-order chi connectivity index (χ1) is 8.06. The Kier molecular flexibility index (Phi) is 3.99. The Morgan fingerprint density at radius 2 is 2.18 bits per heavy atom. The lowest BCUT2D eigenvalue weighted by Crippen LogP contribution is -2.17. The fourth-order valence-electron chi connectivity index (χ4n) is 1.73. The van der Waals surface area contributed by atoms with Gasteiger partial charge in [0.2, 0.25) is 0 Å². The molecule has 1 aromatic rings. The molecule has 0 amide bonds. The van der Waals surface area contributed by atoms with Crippen LogP contribution in [0.15, 0.2) is 16.6 Å². The van der Waals surface area contributed by atoms with Crippen LogP contribution in [0.5, 0.6) is 5.75 Å². The van der Waals surface area contributed by atoms with Crippen LogP contribution < -0.4 is 10.1 Å². The smallest absolute Gasteiger partial charge is 0.387 e. The van der Waals surface area contributed by atoms with Gasteiger partial charge in [-0.1, -0.05) is 15.9 Å². The summed E-state index contributed by atoms with van der Waals surface area (Å²) < 4.78 is 30.1. The molecule has 1 saturated carbocycles. The number of alkyl halides is 2. The normalized spacial score (nSPS) is 15.4. The Labute approximate surface area is 107 Å². The first-order valence-corrected chi connectivity index (χ1v) is 6.33. The molecule has 1 aliphatic carbocycles. The molecule has 0 aromatic heterocycles. The molecule has 2 nitrogen and oxygen atoms in total. The highest BCUT2D eigenvalue weighted by atomic mass is 79.9. The fourth-order valence-corrected chi connectivity index (χ4v) is 2.35. The van der Waals surface area contributed by atoms with Crippen LogP contribution in [0.25, 0.3) is 0 Å². The number of halogens is 3. The average molecular weight is 306 g/mol. The highest BCUT2D eigenvalue weighted by Gasteiger charge is 2.21. The van der Waals surface area contributed by atoms with Gasteiger partial charge in [0.1, 0.15) is 5.75 Å². The van der Waals surface area contributed by atoms with Crippen LogP contribution in [0.4, 0.5) is 8.78 Å². The van der Waals surface area contributed by atoms with Crippen molar-refractivity contribution in [3.63, 3.8) is 0 Å². The molecule has 0 unspecified atom stereocenters. The summed E-state index contributed by atoms with van der Waals surface area (Å²) in [5.41, 5.74) is 1.48. The lowest BCUT2D eigenvalue weighted by molar-refractivity contribution is -0.0509. The van der Waals surface area contributed by atoms with Crippen LogP contribution in [0.2, 0.25) is 0 Å². The van der Waals surface area contributed by atoms with Gasteiger partial charge in [-0.2, -0.15) is 8.78 Å². The van der Waals surface area contributed by atoms with Gasteiger partial charge >= 0.3 is 6.61 Å². The van der Waals surface area contributed by atoms with E-state index in [9.17, 15) is 8.78 Å². The standard InChI is InChI=1S/C12H14BrF2NO/c1-7-4-9(13)5-8(6-16-10-2-3-10)11(7)17-12(14)15/h4-5,10,12,16H,2-3,6H2,1H3. The average Bonchev–Trinajstić information content (AvgIpc) is 3.02. The Hall–Kier alpha value is -0.680. The minimum atomic E-state index is -2.78. The second-order valence-electron chi connectivity index (χ2n) is 4.24. The topological polar surface area (TPSA) is 21.3 Å². The van der Waals surface area contributed by atoms with Crippen molar-refractivity contribution in [1.82, 2.24) is 5.32 Å². The Balaban J connectivity index is 2.18. The second kappa shape index (κ2) is 5.31. The molecule has 94 valence electrons. The summed E-state index contributed by atoms with van der Waals surface area (Å²) in [5, 5.41) is 3.30. The van der Waals surface area contributed by atoms with Crippen molar-refractivity contribution in [3.8, 4) is 5.75 Å². The summed E-state index contributed by atoms with van der Waals surface area (Å²) >= 11 is 3.37. The highest BCUT2D eigenvalue weighted by molar-refractivity contribution is 9.10. The monoisotopic (exact) mass is 305 g/mol. The predicted molar refractivity (Wildman–Crippen MR) is 65.4 cm³/mol. The number of rotatable bonds is 5. The maximum Gasteiger partial charge on any atom is 0.387 e. The summed E-state index contributed by atoms with van der Waals surface area (Å²) in [6.07, 6.45) is 2.33. The quantitative estimate of drug-likeness (QED) is 0.897. The van der Waals surface area contributed by atoms with E-state index >= 15 is 0 Å². The molecule has 0 heterocycles. The van der Waals surface area contributed by atoms with Crippen molar-refractivity contribution in [3.05, 3.63) is 27.7 Å². The third kappa shape index (κ3) is 3.64. The van der Waals surface area contributed by atoms with E-state index in [1.165, 1.54) is 0 Å². The van der Waals surface area contributed by atoms with Gasteiger partial charge in [0, 0.05) is 22.6 Å². The Morgan fingerprint density at radius 3 is 2.76 bits per heavy atom. The molecule has 0 atom stereocenters. The van der Waals surface area contributed by atoms with Gasteiger partial charge < -0.3 is 10.1 Å². The van der Waals surface area contributed by atoms with E-state index in [1.807, 2.05) is 6.07 Å². The van der Waals surface area contributed by atoms with Crippen molar-refractivity contribution >= 4 is 15.9 Å². The molecule has 0 saturated heterocycles. The number of ether oxygens (including phenoxy) is 1. The summed E-state index contributed by atoms with van der Waals surface area (Å²) in [6, 6.07) is 4.13. The zero-order valence-corrected chi connectivity index (χ0v) is 11.1. The maximum atomic E-state index is 12.3. The van der Waals surface area contributed by atoms with Crippen LogP contribution in [0.3, 0.4) is 0 Å². The largest absolute Gasteiger partial charge is 0.434 e. The van der Waals surface area contributed by atoms with E-state index < -0.39 is 6.61 Å². The zero-order valence-electron chi connectivity index (χ0n) is 9.47. The van der Waals surface area contributed by atoms with E-state index in [2.05, 4.69) is 26.0 Å². The van der Waals surface area contributed by atoms with E-state index in [0.29, 0.717) is 18.2 Å². The van der Waals surface area contributed by atoms with Crippen molar-refractivity contribution in [1.29, 1.82) is 0 Å². The molecule has 0 spiro atoms. The lowest BCUT2D eigenvalue weighted by Gasteiger charge is -2.14. The van der Waals surface area contributed by atoms with Gasteiger partial charge in [-0.25, -0.2) is 0 Å². The van der Waals surface area contributed by atoms with E-state index in [4.69, 9.17) is 0 Å². The maximum absolute atomic E-state index is 12.3. The molecule has 2 rings (SSSR count). The zero-order chi connectivity index (χ0) is 12.4. The predicted octanol–water partition coefficient (Wildman–Crippen LogP) is 3.61. The summed E-state index contributed by atoms with van der Waals surface area (Å²) in [7, 11) is 0. The van der Waals surface area contributed by atoms with Crippen molar-refractivity contribution < 1.29 is 13.5 Å². The molecule has 1 aromatic carbocycles. The molecule has 1 fully saturated rings. The van der Waals surface area contributed by atoms with E-state index in [-0.39, 0.29) is 5.75 Å². The van der Waals surface area contributed by atoms with E-state index in [1.54, 1.807) is 13.0 Å². The lowest BCUT2D eigenvalue weighted by atomic mass is 10.1. The van der Waals surface area contributed by atoms with Gasteiger partial charge in [-0.15, -0.1) is 0 Å². The number of hydrogen-bond acceptors (Lipinski definition) is 2. The minimum absolute atomic E-state index is 0.288. The van der Waals surface area contributed by atoms with Gasteiger partial charge in [0.25, 0.3) is 0 Å². The first-order valence-electron chi connectivity index (χ1n) is 5.53. The Morgan fingerprint density at radius 1 is 1.47 bits per heavy atom. The van der Waals surface area contributed by atoms with Crippen LogP contribution in [0.1, 0.15) is 24.0 Å². The minimum Gasteiger partial charge on any atom is -0.434 e. The number of aryl methyl sites for hydroxylation is 1. The molecule has 1 N–H and O–H groups in total. The van der Waals surface area contributed by atoms with Crippen molar-refractivity contribution in [2.45, 2.75) is 39.0 Å². The number of nitrogens with one attached hydrogen (secondary N) is 1. The van der Waals surface area contributed by atoms with Gasteiger partial charge in [-0.3, -0.25) is 0 Å². The SMILES string of the molecule is Cc1cc(Br)cc(CNC2CC2)c1OC(F)F. The number of benzene rings is 1. The highest BCUT2D eigenvalue weighted by Crippen LogP contribution is 2.30. The van der Waals surface area contributed by atoms with Crippen LogP contribution in [0, 0.1) is 6.92 Å². The molecular weight excluding hydrogens is 292 g/mol. The third-order valence-corrected chi connectivity index (χ3v) is 3.14. The molecule has 0 bridgehead atoms. The molecule has 0 radical (unpaired) electrons. The van der Waals surface area contributed by atoms with Crippen LogP contribution in [-0.2, 0) is 6.54 Å². The summed E-state index contributed by atoms with van der Waals surface area (Å²) in [5.74, 6) is 0.288. The first kappa shape index (κ1) is 12.8. The van der Waals surface area contributed by atoms with Gasteiger partial charge in [0.15, 0.2) is 0 Å². The Bertz CT molecular complexity index is 408. The summed E-state index contributed by atoms with van der Waals surface area (Å²) in [4.78, 5) is 0. The molecule has 17 heavy (non-hydrogen) atoms. The van der Waals surface area contributed by atoms with Crippen molar-refractivity contribution in [2.75, 3.05) is 0 Å². The van der Waals surface area contributed by atoms with Crippen LogP contribution >= 0.6 is 15.9 Å². The molecule has 5 heteroatoms.